The van der Waals surface area contributed by atoms with Crippen LogP contribution in [0, 0.1) is 11.5 Å². The van der Waals surface area contributed by atoms with Crippen molar-refractivity contribution in [1.29, 1.82) is 0 Å². The molecule has 0 aromatic carbocycles. The van der Waals surface area contributed by atoms with Crippen molar-refractivity contribution in [2.75, 3.05) is 0 Å². The van der Waals surface area contributed by atoms with E-state index >= 15 is 0 Å². The van der Waals surface area contributed by atoms with Crippen LogP contribution in [-0.2, 0) is 25.7 Å². The van der Waals surface area contributed by atoms with E-state index < -0.39 is 8.07 Å². The highest BCUT2D eigenvalue weighted by atomic mass is 32.1. The Bertz CT molecular complexity index is 2390. The van der Waals surface area contributed by atoms with Crippen LogP contribution in [0.25, 0.3) is 48.8 Å². The Hall–Kier alpha value is -2.02. The summed E-state index contributed by atoms with van der Waals surface area (Å²) >= 11 is 12.1. The van der Waals surface area contributed by atoms with Crippen LogP contribution in [0.15, 0.2) is 53.9 Å². The van der Waals surface area contributed by atoms with Gasteiger partial charge in [-0.25, -0.2) is 0 Å². The first-order valence-electron chi connectivity index (χ1n) is 27.4. The fourth-order valence-corrected chi connectivity index (χ4v) is 17.0. The average molecular weight is 1040 g/mol. The summed E-state index contributed by atoms with van der Waals surface area (Å²) in [5.74, 6) is 3.67. The van der Waals surface area contributed by atoms with E-state index in [1.807, 2.05) is 45.3 Å². The molecule has 7 heteroatoms. The molecule has 0 amide bonds. The van der Waals surface area contributed by atoms with Crippen LogP contribution < -0.4 is 0 Å². The number of hydrogen-bond acceptors (Lipinski definition) is 6. The van der Waals surface area contributed by atoms with Crippen molar-refractivity contribution in [2.45, 2.75) is 227 Å². The zero-order valence-corrected chi connectivity index (χ0v) is 49.3. The lowest BCUT2D eigenvalue weighted by Crippen LogP contribution is -2.16. The normalized spacial score (nSPS) is 11.8. The first-order valence-corrected chi connectivity index (χ1v) is 35.9. The SMILES string of the molecule is CCCCCCCCc1ccsc1-c1cc(CCCCCCCC)c(-c2ccc(-c3ccc(-c4sc(-c5sc(C#C[Si](C)(C)C)cc5CCCCCCCC)cc4CCCCCCCC)s3)s2)s1. The Morgan fingerprint density at radius 2 is 0.721 bits per heavy atom. The number of thiophene rings is 6. The molecule has 6 rings (SSSR count). The summed E-state index contributed by atoms with van der Waals surface area (Å²) in [6.45, 7) is 16.4. The highest BCUT2D eigenvalue weighted by Gasteiger charge is 2.21. The van der Waals surface area contributed by atoms with Gasteiger partial charge in [-0.05, 0) is 128 Å². The third kappa shape index (κ3) is 17.6. The monoisotopic (exact) mass is 1040 g/mol. The number of unbranched alkanes of at least 4 members (excludes halogenated alkanes) is 20. The smallest absolute Gasteiger partial charge is 0.129 e. The first-order chi connectivity index (χ1) is 33.2. The van der Waals surface area contributed by atoms with Gasteiger partial charge < -0.3 is 0 Å². The van der Waals surface area contributed by atoms with Gasteiger partial charge in [0.25, 0.3) is 0 Å². The van der Waals surface area contributed by atoms with Crippen LogP contribution in [0.3, 0.4) is 0 Å². The van der Waals surface area contributed by atoms with E-state index in [4.69, 9.17) is 0 Å². The second kappa shape index (κ2) is 30.1. The van der Waals surface area contributed by atoms with Crippen molar-refractivity contribution in [3.63, 3.8) is 0 Å². The zero-order valence-electron chi connectivity index (χ0n) is 43.4. The van der Waals surface area contributed by atoms with E-state index in [1.54, 1.807) is 16.7 Å². The van der Waals surface area contributed by atoms with Crippen LogP contribution in [0.1, 0.15) is 209 Å². The van der Waals surface area contributed by atoms with Gasteiger partial charge in [0.15, 0.2) is 0 Å². The molecule has 0 bridgehead atoms. The summed E-state index contributed by atoms with van der Waals surface area (Å²) < 4.78 is 0. The zero-order chi connectivity index (χ0) is 48.0. The van der Waals surface area contributed by atoms with Gasteiger partial charge in [0, 0.05) is 48.8 Å². The van der Waals surface area contributed by atoms with Gasteiger partial charge in [-0.1, -0.05) is 182 Å². The fourth-order valence-electron chi connectivity index (χ4n) is 9.32. The molecule has 6 aromatic heterocycles. The van der Waals surface area contributed by atoms with Crippen LogP contribution in [-0.4, -0.2) is 8.07 Å². The molecule has 0 aliphatic carbocycles. The largest absolute Gasteiger partial charge is 0.143 e. The average Bonchev–Trinajstić information content (AvgIpc) is 4.19. The van der Waals surface area contributed by atoms with Crippen LogP contribution in [0.5, 0.6) is 0 Å². The van der Waals surface area contributed by atoms with Crippen LogP contribution >= 0.6 is 68.0 Å². The van der Waals surface area contributed by atoms with Gasteiger partial charge in [0.2, 0.25) is 0 Å². The van der Waals surface area contributed by atoms with E-state index in [0.29, 0.717) is 0 Å². The highest BCUT2D eigenvalue weighted by Crippen LogP contribution is 2.49. The third-order valence-corrected chi connectivity index (χ3v) is 21.6. The Labute approximate surface area is 440 Å². The molecule has 370 valence electrons. The van der Waals surface area contributed by atoms with Crippen molar-refractivity contribution in [3.05, 3.63) is 81.0 Å². The Morgan fingerprint density at radius 1 is 0.353 bits per heavy atom. The Balaban J connectivity index is 1.27. The lowest BCUT2D eigenvalue weighted by Gasteiger charge is -2.03. The molecule has 0 atom stereocenters. The van der Waals surface area contributed by atoms with Crippen molar-refractivity contribution in [3.8, 4) is 60.2 Å². The molecule has 0 unspecified atom stereocenters. The molecule has 0 aliphatic rings. The maximum atomic E-state index is 3.69. The predicted molar refractivity (Wildman–Crippen MR) is 319 cm³/mol. The molecule has 0 spiro atoms. The van der Waals surface area contributed by atoms with E-state index in [0.717, 1.165) is 6.42 Å². The predicted octanol–water partition coefficient (Wildman–Crippen LogP) is 23.2. The maximum Gasteiger partial charge on any atom is 0.129 e. The van der Waals surface area contributed by atoms with Gasteiger partial charge in [-0.2, -0.15) is 0 Å². The molecular formula is C61H86S6Si. The van der Waals surface area contributed by atoms with Crippen molar-refractivity contribution in [2.24, 2.45) is 0 Å². The van der Waals surface area contributed by atoms with Gasteiger partial charge in [-0.15, -0.1) is 73.6 Å². The molecule has 0 fully saturated rings. The van der Waals surface area contributed by atoms with Crippen LogP contribution in [0.4, 0.5) is 0 Å². The summed E-state index contributed by atoms with van der Waals surface area (Å²) in [6, 6.07) is 19.8. The molecule has 0 radical (unpaired) electrons. The minimum Gasteiger partial charge on any atom is -0.143 e. The summed E-state index contributed by atoms with van der Waals surface area (Å²) in [5.41, 5.74) is 9.92. The van der Waals surface area contributed by atoms with E-state index in [9.17, 15) is 0 Å². The van der Waals surface area contributed by atoms with E-state index in [2.05, 4.69) is 135 Å². The molecule has 6 aromatic rings. The Morgan fingerprint density at radius 3 is 1.16 bits per heavy atom. The minimum absolute atomic E-state index is 1.16. The highest BCUT2D eigenvalue weighted by molar-refractivity contribution is 7.30. The van der Waals surface area contributed by atoms with Crippen molar-refractivity contribution >= 4 is 76.1 Å². The van der Waals surface area contributed by atoms with Gasteiger partial charge in [-0.3, -0.25) is 0 Å². The lowest BCUT2D eigenvalue weighted by atomic mass is 10.0. The molecule has 0 saturated carbocycles. The van der Waals surface area contributed by atoms with Crippen molar-refractivity contribution < 1.29 is 0 Å². The molecule has 0 nitrogen and oxygen atoms in total. The second-order valence-corrected chi connectivity index (χ2v) is 31.6. The first kappa shape index (κ1) is 55.3. The van der Waals surface area contributed by atoms with Gasteiger partial charge >= 0.3 is 0 Å². The maximum absolute atomic E-state index is 3.69. The molecule has 0 aliphatic heterocycles. The van der Waals surface area contributed by atoms with Gasteiger partial charge in [0.1, 0.15) is 8.07 Å². The number of hydrogen-bond donors (Lipinski definition) is 0. The molecule has 0 saturated heterocycles. The van der Waals surface area contributed by atoms with Crippen LogP contribution in [0.2, 0.25) is 19.6 Å². The third-order valence-electron chi connectivity index (χ3n) is 13.3. The lowest BCUT2D eigenvalue weighted by molar-refractivity contribution is 0.608. The fraction of sp³-hybridized carbons (Fsp3) is 0.574. The van der Waals surface area contributed by atoms with E-state index in [1.165, 1.54) is 233 Å². The topological polar surface area (TPSA) is 0 Å². The Kier molecular flexibility index (Phi) is 24.5. The minimum atomic E-state index is -1.48. The van der Waals surface area contributed by atoms with Crippen molar-refractivity contribution in [1.82, 2.24) is 0 Å². The summed E-state index contributed by atoms with van der Waals surface area (Å²) in [6.07, 6.45) is 36.9. The molecule has 68 heavy (non-hydrogen) atoms. The summed E-state index contributed by atoms with van der Waals surface area (Å²) in [4.78, 5) is 16.0. The number of aryl methyl sites for hydroxylation is 4. The quantitative estimate of drug-likeness (QED) is 0.0219. The summed E-state index contributed by atoms with van der Waals surface area (Å²) in [7, 11) is -1.48. The molecule has 6 heterocycles. The van der Waals surface area contributed by atoms with Gasteiger partial charge in [0.05, 0.1) is 4.88 Å². The van der Waals surface area contributed by atoms with E-state index in [-0.39, 0.29) is 0 Å². The standard InChI is InChI=1S/C61H86S6Si/c1-8-12-16-20-24-28-32-47-40-42-62-58(47)56-45-49(34-30-26-22-18-14-10-3)59(66-56)54-38-36-52(64-54)53-37-39-55(65-53)60-50(35-31-27-23-19-15-11-4)46-57(67-60)61-48(33-29-25-21-17-13-9-2)44-51(63-61)41-43-68(5,6)7/h36-40,42,44-46H,8-35H2,1-7H3. The molecule has 0 N–H and O–H groups in total. The number of rotatable bonds is 33. The summed E-state index contributed by atoms with van der Waals surface area (Å²) in [5, 5.41) is 2.35. The molecular weight excluding hydrogens is 953 g/mol. The second-order valence-electron chi connectivity index (χ2n) is 20.6.